The molecule has 0 amide bonds. The largest absolute Gasteiger partial charge is 0.381 e. The summed E-state index contributed by atoms with van der Waals surface area (Å²) in [4.78, 5) is 0. The monoisotopic (exact) mass is 340 g/mol. The number of ether oxygens (including phenoxy) is 1. The fraction of sp³-hybridized carbons (Fsp3) is 0.250. The highest BCUT2D eigenvalue weighted by atomic mass is 19.2. The second-order valence-electron chi connectivity index (χ2n) is 6.35. The number of halogens is 2. The number of nitrogens with zero attached hydrogens (tertiary/aromatic N) is 1. The maximum Gasteiger partial charge on any atom is 0.160 e. The number of benzene rings is 2. The van der Waals surface area contributed by atoms with Crippen molar-refractivity contribution < 1.29 is 13.5 Å². The fourth-order valence-electron chi connectivity index (χ4n) is 3.54. The lowest BCUT2D eigenvalue weighted by Crippen LogP contribution is -2.16. The van der Waals surface area contributed by atoms with E-state index >= 15 is 0 Å². The zero-order valence-corrected chi connectivity index (χ0v) is 13.6. The molecule has 0 bridgehead atoms. The van der Waals surface area contributed by atoms with Gasteiger partial charge < -0.3 is 14.7 Å². The Labute approximate surface area is 144 Å². The van der Waals surface area contributed by atoms with Crippen molar-refractivity contribution in [1.29, 1.82) is 5.41 Å². The van der Waals surface area contributed by atoms with E-state index in [1.165, 1.54) is 12.3 Å². The number of fused-ring (bicyclic) bond motifs is 1. The minimum atomic E-state index is -0.861. The Morgan fingerprint density at radius 3 is 2.52 bits per heavy atom. The van der Waals surface area contributed by atoms with E-state index in [1.54, 1.807) is 6.07 Å². The van der Waals surface area contributed by atoms with Crippen LogP contribution in [0.3, 0.4) is 0 Å². The first-order valence-electron chi connectivity index (χ1n) is 8.36. The average Bonchev–Trinajstić information content (AvgIpc) is 3.03. The fourth-order valence-corrected chi connectivity index (χ4v) is 3.54. The van der Waals surface area contributed by atoms with Gasteiger partial charge in [-0.05, 0) is 42.7 Å². The van der Waals surface area contributed by atoms with E-state index in [0.29, 0.717) is 24.8 Å². The molecule has 0 aliphatic carbocycles. The van der Waals surface area contributed by atoms with Crippen LogP contribution in [0.15, 0.2) is 42.5 Å². The number of aromatic nitrogens is 1. The Hall–Kier alpha value is -2.53. The summed E-state index contributed by atoms with van der Waals surface area (Å²) >= 11 is 0. The zero-order valence-electron chi connectivity index (χ0n) is 13.6. The maximum atomic E-state index is 13.8. The number of hydrogen-bond donors (Lipinski definition) is 1. The molecule has 0 spiro atoms. The van der Waals surface area contributed by atoms with Gasteiger partial charge in [-0.2, -0.15) is 0 Å². The molecule has 1 aliphatic rings. The van der Waals surface area contributed by atoms with Gasteiger partial charge >= 0.3 is 0 Å². The third kappa shape index (κ3) is 2.85. The molecule has 2 heterocycles. The Morgan fingerprint density at radius 2 is 1.80 bits per heavy atom. The zero-order chi connectivity index (χ0) is 17.4. The predicted octanol–water partition coefficient (Wildman–Crippen LogP) is 4.80. The highest BCUT2D eigenvalue weighted by Crippen LogP contribution is 2.34. The summed E-state index contributed by atoms with van der Waals surface area (Å²) in [5, 5.41) is 8.52. The number of nitrogens with one attached hydrogen (secondary N) is 1. The van der Waals surface area contributed by atoms with E-state index in [2.05, 4.69) is 6.07 Å². The van der Waals surface area contributed by atoms with Crippen LogP contribution in [0.1, 0.15) is 30.0 Å². The molecule has 5 heteroatoms. The summed E-state index contributed by atoms with van der Waals surface area (Å²) in [6.07, 6.45) is 3.09. The summed E-state index contributed by atoms with van der Waals surface area (Å²) in [5.41, 5.74) is 3.34. The van der Waals surface area contributed by atoms with Crippen LogP contribution in [0, 0.1) is 17.0 Å². The van der Waals surface area contributed by atoms with Crippen molar-refractivity contribution in [3.05, 3.63) is 65.4 Å². The van der Waals surface area contributed by atoms with Gasteiger partial charge in [0.05, 0.1) is 5.52 Å². The van der Waals surface area contributed by atoms with Crippen molar-refractivity contribution >= 4 is 17.1 Å². The van der Waals surface area contributed by atoms with Crippen molar-refractivity contribution in [2.75, 3.05) is 13.2 Å². The molecule has 0 radical (unpaired) electrons. The van der Waals surface area contributed by atoms with Gasteiger partial charge in [0.25, 0.3) is 0 Å². The summed E-state index contributed by atoms with van der Waals surface area (Å²) in [6.45, 7) is 1.41. The van der Waals surface area contributed by atoms with E-state index < -0.39 is 11.6 Å². The highest BCUT2D eigenvalue weighted by Gasteiger charge is 2.22. The van der Waals surface area contributed by atoms with Crippen molar-refractivity contribution in [2.24, 2.45) is 0 Å². The van der Waals surface area contributed by atoms with Crippen molar-refractivity contribution in [3.8, 4) is 5.69 Å². The third-order valence-corrected chi connectivity index (χ3v) is 4.82. The summed E-state index contributed by atoms with van der Waals surface area (Å²) in [7, 11) is 0. The first-order chi connectivity index (χ1) is 12.2. The van der Waals surface area contributed by atoms with Gasteiger partial charge in [0.1, 0.15) is 0 Å². The van der Waals surface area contributed by atoms with E-state index in [1.807, 2.05) is 22.8 Å². The van der Waals surface area contributed by atoms with E-state index in [0.717, 1.165) is 41.1 Å². The Morgan fingerprint density at radius 1 is 1.00 bits per heavy atom. The lowest BCUT2D eigenvalue weighted by Gasteiger charge is -2.24. The summed E-state index contributed by atoms with van der Waals surface area (Å²) in [5.74, 6) is -1.41. The molecule has 4 rings (SSSR count). The van der Waals surface area contributed by atoms with Crippen LogP contribution >= 0.6 is 0 Å². The first-order valence-corrected chi connectivity index (χ1v) is 8.36. The smallest absolute Gasteiger partial charge is 0.160 e. The van der Waals surface area contributed by atoms with Crippen molar-refractivity contribution in [2.45, 2.75) is 18.8 Å². The highest BCUT2D eigenvalue weighted by molar-refractivity contribution is 5.90. The molecular weight excluding hydrogens is 322 g/mol. The van der Waals surface area contributed by atoms with Crippen LogP contribution in [0.25, 0.3) is 16.6 Å². The molecular formula is C20H18F2N2O. The molecule has 0 saturated carbocycles. The van der Waals surface area contributed by atoms with E-state index in [-0.39, 0.29) is 0 Å². The molecule has 3 aromatic rings. The average molecular weight is 340 g/mol. The predicted molar refractivity (Wildman–Crippen MR) is 93.9 cm³/mol. The molecule has 1 aliphatic heterocycles. The van der Waals surface area contributed by atoms with Gasteiger partial charge in [-0.3, -0.25) is 0 Å². The number of rotatable bonds is 3. The quantitative estimate of drug-likeness (QED) is 0.683. The van der Waals surface area contributed by atoms with Gasteiger partial charge in [0.15, 0.2) is 11.6 Å². The van der Waals surface area contributed by atoms with Gasteiger partial charge in [0.2, 0.25) is 0 Å². The van der Waals surface area contributed by atoms with E-state index in [9.17, 15) is 8.78 Å². The summed E-state index contributed by atoms with van der Waals surface area (Å²) < 4.78 is 34.7. The van der Waals surface area contributed by atoms with Crippen LogP contribution in [-0.2, 0) is 4.74 Å². The minimum Gasteiger partial charge on any atom is -0.381 e. The van der Waals surface area contributed by atoms with Crippen molar-refractivity contribution in [1.82, 2.24) is 4.57 Å². The molecule has 3 nitrogen and oxygen atoms in total. The lowest BCUT2D eigenvalue weighted by atomic mass is 9.96. The normalized spacial score (nSPS) is 15.6. The third-order valence-electron chi connectivity index (χ3n) is 4.82. The Balaban J connectivity index is 1.96. The molecule has 1 saturated heterocycles. The van der Waals surface area contributed by atoms with Crippen LogP contribution in [0.5, 0.6) is 0 Å². The van der Waals surface area contributed by atoms with Crippen LogP contribution in [0.4, 0.5) is 8.78 Å². The topological polar surface area (TPSA) is 38.0 Å². The maximum absolute atomic E-state index is 13.8. The van der Waals surface area contributed by atoms with Crippen LogP contribution in [0.2, 0.25) is 0 Å². The molecule has 1 N–H and O–H groups in total. The second-order valence-corrected chi connectivity index (χ2v) is 6.35. The molecule has 1 fully saturated rings. The van der Waals surface area contributed by atoms with Crippen LogP contribution in [-0.4, -0.2) is 24.0 Å². The summed E-state index contributed by atoms with van der Waals surface area (Å²) in [6, 6.07) is 11.9. The molecule has 128 valence electrons. The SMILES string of the molecule is N=Cc1ccc2cc(C3CCOCC3)n(-c3ccc(F)c(F)c3)c2c1. The lowest BCUT2D eigenvalue weighted by molar-refractivity contribution is 0.0842. The molecule has 0 atom stereocenters. The Bertz CT molecular complexity index is 942. The van der Waals surface area contributed by atoms with Gasteiger partial charge in [-0.15, -0.1) is 0 Å². The molecule has 25 heavy (non-hydrogen) atoms. The second kappa shape index (κ2) is 6.41. The van der Waals surface area contributed by atoms with E-state index in [4.69, 9.17) is 10.1 Å². The molecule has 1 aromatic heterocycles. The number of hydrogen-bond acceptors (Lipinski definition) is 2. The van der Waals surface area contributed by atoms with Gasteiger partial charge in [0, 0.05) is 48.2 Å². The van der Waals surface area contributed by atoms with Crippen LogP contribution < -0.4 is 0 Å². The van der Waals surface area contributed by atoms with Crippen molar-refractivity contribution in [3.63, 3.8) is 0 Å². The molecule has 2 aromatic carbocycles. The molecule has 0 unspecified atom stereocenters. The van der Waals surface area contributed by atoms with Gasteiger partial charge in [-0.25, -0.2) is 8.78 Å². The Kier molecular flexibility index (Phi) is 4.09. The first kappa shape index (κ1) is 16.0. The minimum absolute atomic E-state index is 0.303. The standard InChI is InChI=1S/C20H18F2N2O/c21-17-4-3-16(11-18(17)22)24-19-9-13(12-23)1-2-15(19)10-20(24)14-5-7-25-8-6-14/h1-4,9-12,14,23H,5-8H2. The van der Waals surface area contributed by atoms with Gasteiger partial charge in [-0.1, -0.05) is 12.1 Å².